The Hall–Kier alpha value is -1.52. The second-order valence-electron chi connectivity index (χ2n) is 4.05. The number of rotatable bonds is 5. The third-order valence-corrected chi connectivity index (χ3v) is 3.57. The topological polar surface area (TPSA) is 35.5 Å². The quantitative estimate of drug-likeness (QED) is 0.741. The molecule has 0 amide bonds. The Kier molecular flexibility index (Phi) is 5.04. The van der Waals surface area contributed by atoms with Gasteiger partial charge in [-0.3, -0.25) is 4.79 Å². The van der Waals surface area contributed by atoms with Crippen molar-refractivity contribution >= 4 is 33.8 Å². The van der Waals surface area contributed by atoms with Gasteiger partial charge in [-0.25, -0.2) is 0 Å². The fourth-order valence-electron chi connectivity index (χ4n) is 1.67. The van der Waals surface area contributed by atoms with E-state index in [0.717, 1.165) is 16.3 Å². The Labute approximate surface area is 130 Å². The van der Waals surface area contributed by atoms with E-state index in [4.69, 9.17) is 21.1 Å². The predicted octanol–water partition coefficient (Wildman–Crippen LogP) is 4.50. The maximum absolute atomic E-state index is 10.8. The smallest absolute Gasteiger partial charge is 0.162 e. The number of ether oxygens (including phenoxy) is 2. The van der Waals surface area contributed by atoms with Crippen LogP contribution in [-0.2, 0) is 6.61 Å². The highest BCUT2D eigenvalue weighted by Crippen LogP contribution is 2.29. The summed E-state index contributed by atoms with van der Waals surface area (Å²) in [7, 11) is 1.55. The summed E-state index contributed by atoms with van der Waals surface area (Å²) < 4.78 is 11.8. The second-order valence-corrected chi connectivity index (χ2v) is 5.38. The number of methoxy groups -OCH3 is 1. The van der Waals surface area contributed by atoms with E-state index in [2.05, 4.69) is 15.9 Å². The zero-order valence-electron chi connectivity index (χ0n) is 10.7. The minimum atomic E-state index is 0.296. The van der Waals surface area contributed by atoms with Crippen molar-refractivity contribution in [2.24, 2.45) is 0 Å². The number of hydrogen-bond donors (Lipinski definition) is 0. The van der Waals surface area contributed by atoms with Crippen molar-refractivity contribution in [2.45, 2.75) is 6.61 Å². The minimum absolute atomic E-state index is 0.296. The molecule has 104 valence electrons. The first-order chi connectivity index (χ1) is 9.63. The molecule has 20 heavy (non-hydrogen) atoms. The molecule has 0 aliphatic carbocycles. The fraction of sp³-hybridized carbons (Fsp3) is 0.133. The molecule has 0 aliphatic rings. The molecule has 0 saturated carbocycles. The Morgan fingerprint density at radius 1 is 1.20 bits per heavy atom. The Morgan fingerprint density at radius 3 is 2.65 bits per heavy atom. The molecule has 2 aromatic carbocycles. The van der Waals surface area contributed by atoms with Crippen LogP contribution in [0.25, 0.3) is 0 Å². The van der Waals surface area contributed by atoms with Crippen molar-refractivity contribution in [3.8, 4) is 11.5 Å². The molecule has 0 unspecified atom stereocenters. The van der Waals surface area contributed by atoms with Crippen molar-refractivity contribution < 1.29 is 14.3 Å². The number of carbonyl (C=O) groups excluding carboxylic acids is 1. The number of halogens is 2. The molecule has 0 N–H and O–H groups in total. The lowest BCUT2D eigenvalue weighted by molar-refractivity contribution is 0.112. The standard InChI is InChI=1S/C15H12BrClO3/c1-19-14-5-2-10(8-18)6-15(14)20-9-11-3-4-12(16)7-13(11)17/h2-8H,9H2,1H3. The van der Waals surface area contributed by atoms with Crippen molar-refractivity contribution in [1.29, 1.82) is 0 Å². The summed E-state index contributed by atoms with van der Waals surface area (Å²) in [5.74, 6) is 1.08. The lowest BCUT2D eigenvalue weighted by Crippen LogP contribution is -1.99. The fourth-order valence-corrected chi connectivity index (χ4v) is 2.40. The van der Waals surface area contributed by atoms with Gasteiger partial charge in [0.05, 0.1) is 7.11 Å². The van der Waals surface area contributed by atoms with Gasteiger partial charge in [-0.05, 0) is 30.3 Å². The summed E-state index contributed by atoms with van der Waals surface area (Å²) in [6.45, 7) is 0.296. The predicted molar refractivity (Wildman–Crippen MR) is 81.9 cm³/mol. The minimum Gasteiger partial charge on any atom is -0.493 e. The summed E-state index contributed by atoms with van der Waals surface area (Å²) in [6.07, 6.45) is 0.763. The van der Waals surface area contributed by atoms with Crippen LogP contribution in [0.4, 0.5) is 0 Å². The summed E-state index contributed by atoms with van der Waals surface area (Å²) >= 11 is 9.48. The van der Waals surface area contributed by atoms with Gasteiger partial charge in [0.25, 0.3) is 0 Å². The normalized spacial score (nSPS) is 10.2. The van der Waals surface area contributed by atoms with Crippen molar-refractivity contribution in [3.05, 3.63) is 57.0 Å². The van der Waals surface area contributed by atoms with Gasteiger partial charge in [0.1, 0.15) is 12.9 Å². The van der Waals surface area contributed by atoms with Crippen LogP contribution in [0.3, 0.4) is 0 Å². The van der Waals surface area contributed by atoms with E-state index in [0.29, 0.717) is 28.7 Å². The lowest BCUT2D eigenvalue weighted by Gasteiger charge is -2.12. The average molecular weight is 356 g/mol. The van der Waals surface area contributed by atoms with Crippen LogP contribution in [0.2, 0.25) is 5.02 Å². The SMILES string of the molecule is COc1ccc(C=O)cc1OCc1ccc(Br)cc1Cl. The van der Waals surface area contributed by atoms with Crippen LogP contribution in [-0.4, -0.2) is 13.4 Å². The van der Waals surface area contributed by atoms with E-state index >= 15 is 0 Å². The van der Waals surface area contributed by atoms with Crippen LogP contribution < -0.4 is 9.47 Å². The first-order valence-electron chi connectivity index (χ1n) is 5.84. The van der Waals surface area contributed by atoms with E-state index < -0.39 is 0 Å². The highest BCUT2D eigenvalue weighted by atomic mass is 79.9. The largest absolute Gasteiger partial charge is 0.493 e. The maximum Gasteiger partial charge on any atom is 0.162 e. The number of hydrogen-bond acceptors (Lipinski definition) is 3. The molecule has 0 bridgehead atoms. The van der Waals surface area contributed by atoms with Crippen LogP contribution in [0.1, 0.15) is 15.9 Å². The first kappa shape index (κ1) is 14.9. The van der Waals surface area contributed by atoms with Gasteiger partial charge in [0, 0.05) is 20.6 Å². The lowest BCUT2D eigenvalue weighted by atomic mass is 10.2. The Morgan fingerprint density at radius 2 is 2.00 bits per heavy atom. The molecule has 2 aromatic rings. The van der Waals surface area contributed by atoms with E-state index in [1.165, 1.54) is 0 Å². The monoisotopic (exact) mass is 354 g/mol. The zero-order valence-corrected chi connectivity index (χ0v) is 13.1. The average Bonchev–Trinajstić information content (AvgIpc) is 2.46. The van der Waals surface area contributed by atoms with Gasteiger partial charge in [-0.15, -0.1) is 0 Å². The van der Waals surface area contributed by atoms with E-state index in [-0.39, 0.29) is 0 Å². The Balaban J connectivity index is 2.19. The van der Waals surface area contributed by atoms with Crippen LogP contribution >= 0.6 is 27.5 Å². The highest BCUT2D eigenvalue weighted by Gasteiger charge is 2.08. The third kappa shape index (κ3) is 3.52. The molecule has 0 radical (unpaired) electrons. The van der Waals surface area contributed by atoms with E-state index in [1.54, 1.807) is 31.4 Å². The summed E-state index contributed by atoms with van der Waals surface area (Å²) in [5, 5.41) is 0.616. The molecular weight excluding hydrogens is 344 g/mol. The number of aldehydes is 1. The van der Waals surface area contributed by atoms with E-state index in [1.807, 2.05) is 12.1 Å². The highest BCUT2D eigenvalue weighted by molar-refractivity contribution is 9.10. The van der Waals surface area contributed by atoms with Crippen molar-refractivity contribution in [1.82, 2.24) is 0 Å². The van der Waals surface area contributed by atoms with E-state index in [9.17, 15) is 4.79 Å². The molecule has 0 spiro atoms. The first-order valence-corrected chi connectivity index (χ1v) is 7.01. The van der Waals surface area contributed by atoms with Gasteiger partial charge in [-0.1, -0.05) is 33.6 Å². The molecule has 5 heteroatoms. The Bertz CT molecular complexity index is 629. The van der Waals surface area contributed by atoms with Gasteiger partial charge in [0.15, 0.2) is 11.5 Å². The molecule has 0 fully saturated rings. The van der Waals surface area contributed by atoms with Gasteiger partial charge < -0.3 is 9.47 Å². The summed E-state index contributed by atoms with van der Waals surface area (Å²) in [6, 6.07) is 10.6. The summed E-state index contributed by atoms with van der Waals surface area (Å²) in [4.78, 5) is 10.8. The van der Waals surface area contributed by atoms with Crippen LogP contribution in [0.5, 0.6) is 11.5 Å². The molecule has 0 atom stereocenters. The zero-order chi connectivity index (χ0) is 14.5. The summed E-state index contributed by atoms with van der Waals surface area (Å²) in [5.41, 5.74) is 1.39. The van der Waals surface area contributed by atoms with Crippen LogP contribution in [0.15, 0.2) is 40.9 Å². The van der Waals surface area contributed by atoms with Crippen molar-refractivity contribution in [2.75, 3.05) is 7.11 Å². The van der Waals surface area contributed by atoms with Crippen LogP contribution in [0, 0.1) is 0 Å². The molecular formula is C15H12BrClO3. The number of carbonyl (C=O) groups is 1. The van der Waals surface area contributed by atoms with Gasteiger partial charge in [-0.2, -0.15) is 0 Å². The molecule has 0 saturated heterocycles. The molecule has 0 aliphatic heterocycles. The van der Waals surface area contributed by atoms with Gasteiger partial charge >= 0.3 is 0 Å². The van der Waals surface area contributed by atoms with Crippen molar-refractivity contribution in [3.63, 3.8) is 0 Å². The van der Waals surface area contributed by atoms with Gasteiger partial charge in [0.2, 0.25) is 0 Å². The molecule has 0 aromatic heterocycles. The second kappa shape index (κ2) is 6.77. The molecule has 2 rings (SSSR count). The number of benzene rings is 2. The third-order valence-electron chi connectivity index (χ3n) is 2.72. The molecule has 0 heterocycles. The molecule has 3 nitrogen and oxygen atoms in total. The maximum atomic E-state index is 10.8.